The highest BCUT2D eigenvalue weighted by molar-refractivity contribution is 7.10. The minimum atomic E-state index is 0.287. The van der Waals surface area contributed by atoms with Gasteiger partial charge in [-0.05, 0) is 22.4 Å². The third kappa shape index (κ3) is 1.49. The van der Waals surface area contributed by atoms with Crippen molar-refractivity contribution in [2.24, 2.45) is 11.1 Å². The van der Waals surface area contributed by atoms with Crippen LogP contribution in [0.25, 0.3) is 0 Å². The van der Waals surface area contributed by atoms with Crippen molar-refractivity contribution in [3.63, 3.8) is 0 Å². The minimum absolute atomic E-state index is 0.287. The van der Waals surface area contributed by atoms with Gasteiger partial charge in [-0.2, -0.15) is 0 Å². The fourth-order valence-electron chi connectivity index (χ4n) is 2.02. The molecule has 14 heavy (non-hydrogen) atoms. The number of methoxy groups -OCH3 is 1. The molecule has 1 aliphatic carbocycles. The summed E-state index contributed by atoms with van der Waals surface area (Å²) in [5, 5.41) is 2.17. The Balaban J connectivity index is 2.12. The van der Waals surface area contributed by atoms with Gasteiger partial charge >= 0.3 is 0 Å². The molecule has 0 saturated heterocycles. The topological polar surface area (TPSA) is 35.2 Å². The molecule has 1 aliphatic rings. The van der Waals surface area contributed by atoms with Gasteiger partial charge in [0.1, 0.15) is 0 Å². The molecule has 3 heteroatoms. The van der Waals surface area contributed by atoms with Crippen molar-refractivity contribution in [1.82, 2.24) is 0 Å². The lowest BCUT2D eigenvalue weighted by molar-refractivity contribution is 0.185. The molecule has 1 fully saturated rings. The molecule has 2 N–H and O–H groups in total. The lowest BCUT2D eigenvalue weighted by Gasteiger charge is -1.98. The van der Waals surface area contributed by atoms with Crippen molar-refractivity contribution in [2.75, 3.05) is 7.11 Å². The number of hydrogen-bond acceptors (Lipinski definition) is 3. The molecule has 0 aliphatic heterocycles. The van der Waals surface area contributed by atoms with Gasteiger partial charge in [0.25, 0.3) is 0 Å². The zero-order chi connectivity index (χ0) is 10.3. The molecular formula is C11H17NOS. The highest BCUT2D eigenvalue weighted by Gasteiger charge is 2.56. The maximum absolute atomic E-state index is 6.03. The summed E-state index contributed by atoms with van der Waals surface area (Å²) in [4.78, 5) is 1.41. The Bertz CT molecular complexity index is 332. The van der Waals surface area contributed by atoms with Gasteiger partial charge in [0, 0.05) is 23.9 Å². The lowest BCUT2D eigenvalue weighted by Crippen LogP contribution is -2.06. The van der Waals surface area contributed by atoms with E-state index in [2.05, 4.69) is 25.3 Å². The summed E-state index contributed by atoms with van der Waals surface area (Å²) in [6.07, 6.45) is 0. The minimum Gasteiger partial charge on any atom is -0.380 e. The zero-order valence-corrected chi connectivity index (χ0v) is 9.73. The van der Waals surface area contributed by atoms with Gasteiger partial charge < -0.3 is 10.5 Å². The molecular weight excluding hydrogens is 194 g/mol. The molecule has 0 spiro atoms. The van der Waals surface area contributed by atoms with E-state index in [1.165, 1.54) is 10.4 Å². The van der Waals surface area contributed by atoms with Gasteiger partial charge in [-0.3, -0.25) is 0 Å². The number of thiophene rings is 1. The number of nitrogens with two attached hydrogens (primary N) is 1. The van der Waals surface area contributed by atoms with E-state index in [0.717, 1.165) is 0 Å². The molecule has 1 aromatic heterocycles. The van der Waals surface area contributed by atoms with E-state index in [0.29, 0.717) is 18.6 Å². The number of hydrogen-bond donors (Lipinski definition) is 1. The Morgan fingerprint density at radius 1 is 1.57 bits per heavy atom. The van der Waals surface area contributed by atoms with Crippen LogP contribution >= 0.6 is 11.3 Å². The molecule has 2 unspecified atom stereocenters. The van der Waals surface area contributed by atoms with E-state index in [4.69, 9.17) is 10.5 Å². The van der Waals surface area contributed by atoms with Gasteiger partial charge in [0.05, 0.1) is 6.61 Å². The maximum Gasteiger partial charge on any atom is 0.0721 e. The normalized spacial score (nSPS) is 29.1. The molecule has 2 atom stereocenters. The third-order valence-corrected chi connectivity index (χ3v) is 4.27. The Morgan fingerprint density at radius 3 is 2.71 bits per heavy atom. The molecule has 0 amide bonds. The van der Waals surface area contributed by atoms with Crippen LogP contribution in [0.3, 0.4) is 0 Å². The van der Waals surface area contributed by atoms with Crippen LogP contribution in [-0.2, 0) is 11.3 Å². The van der Waals surface area contributed by atoms with Gasteiger partial charge in [-0.1, -0.05) is 13.8 Å². The summed E-state index contributed by atoms with van der Waals surface area (Å²) < 4.78 is 5.10. The second-order valence-corrected chi connectivity index (χ2v) is 5.56. The van der Waals surface area contributed by atoms with Crippen molar-refractivity contribution in [3.8, 4) is 0 Å². The molecule has 1 aromatic rings. The summed E-state index contributed by atoms with van der Waals surface area (Å²) in [5.41, 5.74) is 7.59. The monoisotopic (exact) mass is 211 g/mol. The Hall–Kier alpha value is -0.380. The van der Waals surface area contributed by atoms with Crippen LogP contribution < -0.4 is 5.73 Å². The highest BCUT2D eigenvalue weighted by Crippen LogP contribution is 2.58. The van der Waals surface area contributed by atoms with Gasteiger partial charge in [0.2, 0.25) is 0 Å². The van der Waals surface area contributed by atoms with E-state index < -0.39 is 0 Å². The van der Waals surface area contributed by atoms with E-state index in [1.54, 1.807) is 18.4 Å². The average Bonchev–Trinajstić information content (AvgIpc) is 2.52. The fraction of sp³-hybridized carbons (Fsp3) is 0.636. The molecule has 2 rings (SSSR count). The van der Waals surface area contributed by atoms with Crippen molar-refractivity contribution in [2.45, 2.75) is 32.4 Å². The van der Waals surface area contributed by atoms with Crippen LogP contribution in [0.2, 0.25) is 0 Å². The summed E-state index contributed by atoms with van der Waals surface area (Å²) in [5.74, 6) is 0.554. The van der Waals surface area contributed by atoms with E-state index in [-0.39, 0.29) is 5.41 Å². The molecule has 1 saturated carbocycles. The van der Waals surface area contributed by atoms with Gasteiger partial charge in [-0.25, -0.2) is 0 Å². The Morgan fingerprint density at radius 2 is 2.21 bits per heavy atom. The lowest BCUT2D eigenvalue weighted by atomic mass is 10.1. The van der Waals surface area contributed by atoms with Crippen LogP contribution in [-0.4, -0.2) is 13.2 Å². The summed E-state index contributed by atoms with van der Waals surface area (Å²) in [7, 11) is 1.73. The van der Waals surface area contributed by atoms with Gasteiger partial charge in [-0.15, -0.1) is 11.3 Å². The molecule has 78 valence electrons. The Labute approximate surface area is 89.1 Å². The average molecular weight is 211 g/mol. The smallest absolute Gasteiger partial charge is 0.0721 e. The molecule has 0 bridgehead atoms. The zero-order valence-electron chi connectivity index (χ0n) is 8.91. The maximum atomic E-state index is 6.03. The van der Waals surface area contributed by atoms with E-state index in [1.807, 2.05) is 0 Å². The van der Waals surface area contributed by atoms with Crippen molar-refractivity contribution >= 4 is 11.3 Å². The second kappa shape index (κ2) is 3.33. The van der Waals surface area contributed by atoms with Crippen LogP contribution in [0.1, 0.15) is 30.2 Å². The Kier molecular flexibility index (Phi) is 2.41. The first kappa shape index (κ1) is 10.1. The summed E-state index contributed by atoms with van der Waals surface area (Å²) in [6, 6.07) is 2.56. The van der Waals surface area contributed by atoms with Crippen molar-refractivity contribution in [3.05, 3.63) is 21.9 Å². The summed E-state index contributed by atoms with van der Waals surface area (Å²) in [6.45, 7) is 5.18. The van der Waals surface area contributed by atoms with E-state index in [9.17, 15) is 0 Å². The second-order valence-electron chi connectivity index (χ2n) is 4.62. The number of rotatable bonds is 3. The van der Waals surface area contributed by atoms with Crippen molar-refractivity contribution < 1.29 is 4.74 Å². The van der Waals surface area contributed by atoms with Crippen LogP contribution in [0.15, 0.2) is 11.4 Å². The number of ether oxygens (including phenoxy) is 1. The SMILES string of the molecule is COCc1csc(C2C(N)C2(C)C)c1. The largest absolute Gasteiger partial charge is 0.380 e. The third-order valence-electron chi connectivity index (χ3n) is 3.20. The predicted molar refractivity (Wildman–Crippen MR) is 59.5 cm³/mol. The fourth-order valence-corrected chi connectivity index (χ4v) is 3.26. The van der Waals surface area contributed by atoms with Crippen molar-refractivity contribution in [1.29, 1.82) is 0 Å². The highest BCUT2D eigenvalue weighted by atomic mass is 32.1. The van der Waals surface area contributed by atoms with Crippen LogP contribution in [0, 0.1) is 5.41 Å². The molecule has 1 heterocycles. The van der Waals surface area contributed by atoms with E-state index >= 15 is 0 Å². The first-order valence-corrected chi connectivity index (χ1v) is 5.77. The molecule has 0 aromatic carbocycles. The van der Waals surface area contributed by atoms with Gasteiger partial charge in [0.15, 0.2) is 0 Å². The molecule has 2 nitrogen and oxygen atoms in total. The first-order chi connectivity index (χ1) is 6.57. The molecule has 0 radical (unpaired) electrons. The quantitative estimate of drug-likeness (QED) is 0.833. The van der Waals surface area contributed by atoms with Crippen LogP contribution in [0.5, 0.6) is 0 Å². The summed E-state index contributed by atoms with van der Waals surface area (Å²) >= 11 is 1.81. The van der Waals surface area contributed by atoms with Crippen LogP contribution in [0.4, 0.5) is 0 Å². The standard InChI is InChI=1S/C11H17NOS/c1-11(2)9(10(11)12)8-4-7(5-13-3)6-14-8/h4,6,9-10H,5,12H2,1-3H3. The first-order valence-electron chi connectivity index (χ1n) is 4.89. The predicted octanol–water partition coefficient (Wildman–Crippen LogP) is 2.35.